The summed E-state index contributed by atoms with van der Waals surface area (Å²) in [5.41, 5.74) is 1.17. The van der Waals surface area contributed by atoms with Crippen LogP contribution in [0.2, 0.25) is 0 Å². The molecule has 0 saturated heterocycles. The van der Waals surface area contributed by atoms with Gasteiger partial charge in [0.25, 0.3) is 0 Å². The highest BCUT2D eigenvalue weighted by atomic mass is 16.4. The first-order valence-electron chi connectivity index (χ1n) is 17.2. The van der Waals surface area contributed by atoms with Crippen molar-refractivity contribution in [3.63, 3.8) is 0 Å². The Morgan fingerprint density at radius 1 is 0.810 bits per heavy atom. The Labute approximate surface area is 255 Å². The molecular formula is C39H56O3. The number of hydrogen-bond acceptors (Lipinski definition) is 2. The number of fused-ring (bicyclic) bond motifs is 7. The maximum atomic E-state index is 14.1. The van der Waals surface area contributed by atoms with Gasteiger partial charge >= 0.3 is 5.97 Å². The number of aliphatic carboxylic acids is 1. The molecule has 0 radical (unpaired) electrons. The van der Waals surface area contributed by atoms with Crippen LogP contribution in [0.25, 0.3) is 6.08 Å². The van der Waals surface area contributed by atoms with Gasteiger partial charge in [-0.2, -0.15) is 0 Å². The Kier molecular flexibility index (Phi) is 7.22. The van der Waals surface area contributed by atoms with E-state index in [1.54, 1.807) is 0 Å². The van der Waals surface area contributed by atoms with Crippen LogP contribution in [0.4, 0.5) is 0 Å². The highest BCUT2D eigenvalue weighted by Gasteiger charge is 2.72. The van der Waals surface area contributed by atoms with E-state index in [9.17, 15) is 14.7 Å². The van der Waals surface area contributed by atoms with Crippen molar-refractivity contribution in [2.75, 3.05) is 0 Å². The predicted molar refractivity (Wildman–Crippen MR) is 171 cm³/mol. The molecule has 0 spiro atoms. The zero-order valence-electron chi connectivity index (χ0n) is 27.3. The Morgan fingerprint density at radius 3 is 2.24 bits per heavy atom. The Morgan fingerprint density at radius 2 is 1.52 bits per heavy atom. The molecule has 5 aliphatic carbocycles. The van der Waals surface area contributed by atoms with E-state index in [4.69, 9.17) is 0 Å². The standard InChI is InChI=1S/C39H56O3/c1-34(2)21-22-38(33(41)42)23-24-39(25-28(40)14-13-27-11-8-7-9-12-27)29(30(38)26-34)15-16-32-36(5)19-10-18-35(3,4)31(36)17-20-37(32,39)6/h7-9,11-14,29-32H,10,15-26H2,1-6H3,(H,41,42)/b14-13+/t29-,30+,31+,32-,36+,37-,38+,39+/m1/s1. The normalized spacial score (nSPS) is 43.9. The molecule has 0 heterocycles. The minimum absolute atomic E-state index is 0.0527. The molecule has 3 heteroatoms. The Hall–Kier alpha value is -1.90. The molecule has 5 saturated carbocycles. The molecule has 1 aromatic carbocycles. The lowest BCUT2D eigenvalue weighted by Gasteiger charge is -2.73. The number of allylic oxidation sites excluding steroid dienone is 1. The fourth-order valence-electron chi connectivity index (χ4n) is 12.8. The van der Waals surface area contributed by atoms with Crippen LogP contribution in [-0.4, -0.2) is 16.9 Å². The zero-order valence-corrected chi connectivity index (χ0v) is 27.3. The van der Waals surface area contributed by atoms with E-state index in [0.717, 1.165) is 50.0 Å². The van der Waals surface area contributed by atoms with Crippen LogP contribution < -0.4 is 0 Å². The highest BCUT2D eigenvalue weighted by molar-refractivity contribution is 5.94. The van der Waals surface area contributed by atoms with Crippen molar-refractivity contribution in [1.29, 1.82) is 0 Å². The molecule has 0 amide bonds. The van der Waals surface area contributed by atoms with Crippen molar-refractivity contribution >= 4 is 17.8 Å². The first-order chi connectivity index (χ1) is 19.7. The van der Waals surface area contributed by atoms with Crippen molar-refractivity contribution in [2.24, 2.45) is 56.2 Å². The average molecular weight is 573 g/mol. The van der Waals surface area contributed by atoms with E-state index in [2.05, 4.69) is 53.7 Å². The van der Waals surface area contributed by atoms with Crippen LogP contribution in [0.3, 0.4) is 0 Å². The van der Waals surface area contributed by atoms with Gasteiger partial charge in [-0.1, -0.05) is 84.4 Å². The number of ketones is 1. The SMILES string of the molecule is CC1(C)CC[C@]2(C(=O)O)CC[C@]3(CC(=O)/C=C/c4ccccc4)[C@H](CC[C@@H]4[C@@]5(C)CCCC(C)(C)[C@@H]5CC[C@]43C)[C@@H]2C1. The van der Waals surface area contributed by atoms with Crippen LogP contribution in [0.1, 0.15) is 131 Å². The van der Waals surface area contributed by atoms with Gasteiger partial charge in [0.1, 0.15) is 0 Å². The van der Waals surface area contributed by atoms with E-state index in [0.29, 0.717) is 29.1 Å². The molecule has 3 nitrogen and oxygen atoms in total. The molecule has 8 atom stereocenters. The highest BCUT2D eigenvalue weighted by Crippen LogP contribution is 2.78. The third kappa shape index (κ3) is 4.41. The Balaban J connectivity index is 1.44. The number of hydrogen-bond donors (Lipinski definition) is 1. The van der Waals surface area contributed by atoms with E-state index in [1.165, 1.54) is 38.5 Å². The van der Waals surface area contributed by atoms with Crippen LogP contribution in [0.5, 0.6) is 0 Å². The first-order valence-corrected chi connectivity index (χ1v) is 17.2. The molecule has 1 N–H and O–H groups in total. The van der Waals surface area contributed by atoms with Crippen molar-refractivity contribution in [3.05, 3.63) is 42.0 Å². The average Bonchev–Trinajstić information content (AvgIpc) is 2.91. The largest absolute Gasteiger partial charge is 0.481 e. The fourth-order valence-corrected chi connectivity index (χ4v) is 12.8. The molecule has 0 bridgehead atoms. The van der Waals surface area contributed by atoms with E-state index in [1.807, 2.05) is 30.4 Å². The number of carbonyl (C=O) groups excluding carboxylic acids is 1. The smallest absolute Gasteiger partial charge is 0.309 e. The summed E-state index contributed by atoms with van der Waals surface area (Å²) in [6.45, 7) is 15.0. The minimum Gasteiger partial charge on any atom is -0.481 e. The molecule has 0 unspecified atom stereocenters. The van der Waals surface area contributed by atoms with Gasteiger partial charge in [0.05, 0.1) is 5.41 Å². The molecular weight excluding hydrogens is 516 g/mol. The van der Waals surface area contributed by atoms with Gasteiger partial charge < -0.3 is 5.11 Å². The summed E-state index contributed by atoms with van der Waals surface area (Å²) in [5, 5.41) is 10.8. The maximum Gasteiger partial charge on any atom is 0.309 e. The van der Waals surface area contributed by atoms with Gasteiger partial charge in [0.15, 0.2) is 5.78 Å². The summed E-state index contributed by atoms with van der Waals surface area (Å²) in [7, 11) is 0. The monoisotopic (exact) mass is 572 g/mol. The zero-order chi connectivity index (χ0) is 30.2. The summed E-state index contributed by atoms with van der Waals surface area (Å²) in [5.74, 6) is 1.45. The molecule has 0 aromatic heterocycles. The molecule has 42 heavy (non-hydrogen) atoms. The summed E-state index contributed by atoms with van der Waals surface area (Å²) < 4.78 is 0. The molecule has 0 aliphatic heterocycles. The second-order valence-corrected chi connectivity index (χ2v) is 17.6. The minimum atomic E-state index is -0.621. The number of carboxylic acids is 1. The summed E-state index contributed by atoms with van der Waals surface area (Å²) in [6.07, 6.45) is 17.5. The first kappa shape index (κ1) is 30.1. The van der Waals surface area contributed by atoms with Crippen LogP contribution in [0, 0.1) is 56.2 Å². The fraction of sp³-hybridized carbons (Fsp3) is 0.744. The van der Waals surface area contributed by atoms with Gasteiger partial charge in [-0.15, -0.1) is 0 Å². The topological polar surface area (TPSA) is 54.4 Å². The van der Waals surface area contributed by atoms with Gasteiger partial charge in [0.2, 0.25) is 0 Å². The number of rotatable bonds is 5. The molecule has 1 aromatic rings. The van der Waals surface area contributed by atoms with Crippen molar-refractivity contribution in [3.8, 4) is 0 Å². The second kappa shape index (κ2) is 10.1. The molecule has 230 valence electrons. The van der Waals surface area contributed by atoms with Crippen LogP contribution in [-0.2, 0) is 9.59 Å². The predicted octanol–water partition coefficient (Wildman–Crippen LogP) is 10.00. The maximum absolute atomic E-state index is 14.1. The van der Waals surface area contributed by atoms with Crippen molar-refractivity contribution in [1.82, 2.24) is 0 Å². The second-order valence-electron chi connectivity index (χ2n) is 17.6. The van der Waals surface area contributed by atoms with E-state index < -0.39 is 11.4 Å². The number of carboxylic acid groups (broad SMARTS) is 1. The summed E-state index contributed by atoms with van der Waals surface area (Å²) in [4.78, 5) is 27.3. The lowest BCUT2D eigenvalue weighted by molar-refractivity contribution is -0.252. The quantitative estimate of drug-likeness (QED) is 0.357. The van der Waals surface area contributed by atoms with Crippen LogP contribution >= 0.6 is 0 Å². The van der Waals surface area contributed by atoms with Gasteiger partial charge in [0, 0.05) is 6.42 Å². The Bertz CT molecular complexity index is 1240. The van der Waals surface area contributed by atoms with Gasteiger partial charge in [-0.3, -0.25) is 9.59 Å². The molecule has 5 aliphatic rings. The van der Waals surface area contributed by atoms with Crippen molar-refractivity contribution < 1.29 is 14.7 Å². The number of carbonyl (C=O) groups is 2. The lowest BCUT2D eigenvalue weighted by Crippen LogP contribution is -2.68. The lowest BCUT2D eigenvalue weighted by atomic mass is 9.30. The van der Waals surface area contributed by atoms with Crippen LogP contribution in [0.15, 0.2) is 36.4 Å². The number of benzene rings is 1. The van der Waals surface area contributed by atoms with Gasteiger partial charge in [-0.05, 0) is 133 Å². The summed E-state index contributed by atoms with van der Waals surface area (Å²) >= 11 is 0. The third-order valence-electron chi connectivity index (χ3n) is 14.8. The molecule has 5 fully saturated rings. The van der Waals surface area contributed by atoms with E-state index >= 15 is 0 Å². The summed E-state index contributed by atoms with van der Waals surface area (Å²) in [6, 6.07) is 10.2. The molecule has 6 rings (SSSR count). The van der Waals surface area contributed by atoms with Gasteiger partial charge in [-0.25, -0.2) is 0 Å². The third-order valence-corrected chi connectivity index (χ3v) is 14.8. The van der Waals surface area contributed by atoms with E-state index in [-0.39, 0.29) is 27.9 Å². The van der Waals surface area contributed by atoms with Crippen molar-refractivity contribution in [2.45, 2.75) is 125 Å².